The van der Waals surface area contributed by atoms with Crippen molar-refractivity contribution in [1.82, 2.24) is 20.4 Å². The summed E-state index contributed by atoms with van der Waals surface area (Å²) in [5.41, 5.74) is 3.36. The molecule has 0 fully saturated rings. The quantitative estimate of drug-likeness (QED) is 0.282. The molecule has 2 aromatic rings. The van der Waals surface area contributed by atoms with E-state index in [2.05, 4.69) is 42.6 Å². The fourth-order valence-corrected chi connectivity index (χ4v) is 3.03. The first kappa shape index (κ1) is 24.4. The van der Waals surface area contributed by atoms with Crippen LogP contribution in [-0.2, 0) is 6.54 Å². The van der Waals surface area contributed by atoms with E-state index in [0.29, 0.717) is 19.0 Å². The summed E-state index contributed by atoms with van der Waals surface area (Å²) in [6, 6.07) is 12.2. The number of aliphatic hydroxyl groups excluding tert-OH is 1. The number of nitrogens with one attached hydrogen (secondary N) is 2. The van der Waals surface area contributed by atoms with E-state index in [-0.39, 0.29) is 36.5 Å². The van der Waals surface area contributed by atoms with Gasteiger partial charge in [0.1, 0.15) is 0 Å². The Morgan fingerprint density at radius 2 is 1.93 bits per heavy atom. The Morgan fingerprint density at radius 1 is 1.21 bits per heavy atom. The number of aryl methyl sites for hydroxylation is 2. The molecule has 0 aliphatic rings. The molecule has 0 aliphatic carbocycles. The number of rotatable bonds is 9. The maximum atomic E-state index is 9.72. The van der Waals surface area contributed by atoms with Crippen LogP contribution >= 0.6 is 24.0 Å². The molecule has 0 saturated heterocycles. The molecule has 2 rings (SSSR count). The minimum atomic E-state index is 0. The molecule has 3 N–H and O–H groups in total. The van der Waals surface area contributed by atoms with Gasteiger partial charge >= 0.3 is 0 Å². The van der Waals surface area contributed by atoms with Gasteiger partial charge in [-0.3, -0.25) is 9.67 Å². The molecular weight excluding hydrogens is 465 g/mol. The summed E-state index contributed by atoms with van der Waals surface area (Å²) in [6.45, 7) is 11.4. The van der Waals surface area contributed by atoms with Crippen molar-refractivity contribution >= 4 is 29.9 Å². The van der Waals surface area contributed by atoms with Crippen molar-refractivity contribution in [2.75, 3.05) is 26.2 Å². The predicted octanol–water partition coefficient (Wildman–Crippen LogP) is 3.09. The van der Waals surface area contributed by atoms with Crippen LogP contribution in [0.2, 0.25) is 0 Å². The van der Waals surface area contributed by atoms with Crippen LogP contribution in [0.15, 0.2) is 41.4 Å². The molecule has 28 heavy (non-hydrogen) atoms. The van der Waals surface area contributed by atoms with Crippen molar-refractivity contribution in [3.8, 4) is 0 Å². The topological polar surface area (TPSA) is 74.5 Å². The maximum Gasteiger partial charge on any atom is 0.191 e. The normalized spacial score (nSPS) is 13.5. The van der Waals surface area contributed by atoms with Gasteiger partial charge in [-0.1, -0.05) is 37.3 Å². The molecular formula is C21H34IN5O. The van der Waals surface area contributed by atoms with Gasteiger partial charge in [-0.2, -0.15) is 5.10 Å². The van der Waals surface area contributed by atoms with E-state index in [4.69, 9.17) is 4.99 Å². The van der Waals surface area contributed by atoms with Gasteiger partial charge in [-0.25, -0.2) is 0 Å². The zero-order chi connectivity index (χ0) is 19.6. The molecule has 1 aromatic heterocycles. The fraction of sp³-hybridized carbons (Fsp3) is 0.524. The Hall–Kier alpha value is -1.61. The monoisotopic (exact) mass is 499 g/mol. The van der Waals surface area contributed by atoms with E-state index in [1.54, 1.807) is 0 Å². The minimum absolute atomic E-state index is 0. The van der Waals surface area contributed by atoms with E-state index in [1.807, 2.05) is 41.9 Å². The largest absolute Gasteiger partial charge is 0.396 e. The van der Waals surface area contributed by atoms with Crippen molar-refractivity contribution < 1.29 is 5.11 Å². The molecule has 6 nitrogen and oxygen atoms in total. The van der Waals surface area contributed by atoms with Crippen molar-refractivity contribution in [2.24, 2.45) is 10.9 Å². The number of hydrogen-bond acceptors (Lipinski definition) is 3. The highest BCUT2D eigenvalue weighted by molar-refractivity contribution is 14.0. The molecule has 156 valence electrons. The summed E-state index contributed by atoms with van der Waals surface area (Å²) < 4.78 is 2.05. The number of guanidine groups is 1. The summed E-state index contributed by atoms with van der Waals surface area (Å²) >= 11 is 0. The summed E-state index contributed by atoms with van der Waals surface area (Å²) in [7, 11) is 0. The lowest BCUT2D eigenvalue weighted by molar-refractivity contribution is 0.265. The van der Waals surface area contributed by atoms with Crippen LogP contribution < -0.4 is 10.6 Å². The molecule has 0 radical (unpaired) electrons. The third-order valence-electron chi connectivity index (χ3n) is 4.50. The highest BCUT2D eigenvalue weighted by Crippen LogP contribution is 2.13. The van der Waals surface area contributed by atoms with Gasteiger partial charge in [0.2, 0.25) is 0 Å². The first-order chi connectivity index (χ1) is 13.0. The van der Waals surface area contributed by atoms with Crippen LogP contribution in [0.5, 0.6) is 0 Å². The van der Waals surface area contributed by atoms with E-state index in [0.717, 1.165) is 30.3 Å². The number of halogens is 1. The van der Waals surface area contributed by atoms with Crippen LogP contribution in [0.4, 0.5) is 0 Å². The van der Waals surface area contributed by atoms with Crippen LogP contribution in [0.3, 0.4) is 0 Å². The van der Waals surface area contributed by atoms with E-state index in [1.165, 1.54) is 5.69 Å². The first-order valence-corrected chi connectivity index (χ1v) is 9.72. The minimum Gasteiger partial charge on any atom is -0.396 e. The number of benzene rings is 1. The van der Waals surface area contributed by atoms with E-state index >= 15 is 0 Å². The SMILES string of the molecule is CCNC(=NCC(C)Cn1nc(C)cc1C)NCC(CO)c1ccccc1.I. The van der Waals surface area contributed by atoms with Gasteiger partial charge in [0.25, 0.3) is 0 Å². The lowest BCUT2D eigenvalue weighted by Crippen LogP contribution is -2.40. The summed E-state index contributed by atoms with van der Waals surface area (Å²) in [4.78, 5) is 4.72. The Bertz CT molecular complexity index is 717. The van der Waals surface area contributed by atoms with Crippen molar-refractivity contribution in [2.45, 2.75) is 40.2 Å². The molecule has 2 atom stereocenters. The second kappa shape index (κ2) is 12.8. The van der Waals surface area contributed by atoms with Crippen molar-refractivity contribution in [3.05, 3.63) is 53.3 Å². The van der Waals surface area contributed by atoms with Gasteiger partial charge < -0.3 is 15.7 Å². The van der Waals surface area contributed by atoms with Gasteiger partial charge in [0.15, 0.2) is 5.96 Å². The predicted molar refractivity (Wildman–Crippen MR) is 127 cm³/mol. The number of aromatic nitrogens is 2. The maximum absolute atomic E-state index is 9.72. The van der Waals surface area contributed by atoms with E-state index in [9.17, 15) is 5.11 Å². The second-order valence-electron chi connectivity index (χ2n) is 7.11. The Balaban J connectivity index is 0.00000392. The van der Waals surface area contributed by atoms with Gasteiger partial charge in [0.05, 0.1) is 12.3 Å². The summed E-state index contributed by atoms with van der Waals surface area (Å²) in [6.07, 6.45) is 0. The third-order valence-corrected chi connectivity index (χ3v) is 4.50. The van der Waals surface area contributed by atoms with Crippen molar-refractivity contribution in [1.29, 1.82) is 0 Å². The standard InChI is InChI=1S/C21H33N5O.HI/c1-5-22-21(24-13-20(15-27)19-9-7-6-8-10-19)23-12-16(2)14-26-18(4)11-17(3)25-26;/h6-11,16,20,27H,5,12-15H2,1-4H3,(H2,22,23,24);1H. The zero-order valence-electron chi connectivity index (χ0n) is 17.4. The van der Waals surface area contributed by atoms with Gasteiger partial charge in [-0.05, 0) is 38.3 Å². The van der Waals surface area contributed by atoms with Crippen LogP contribution in [0, 0.1) is 19.8 Å². The zero-order valence-corrected chi connectivity index (χ0v) is 19.7. The van der Waals surface area contributed by atoms with Crippen LogP contribution in [0.25, 0.3) is 0 Å². The molecule has 0 bridgehead atoms. The molecule has 2 unspecified atom stereocenters. The molecule has 0 aliphatic heterocycles. The smallest absolute Gasteiger partial charge is 0.191 e. The average molecular weight is 499 g/mol. The molecule has 0 amide bonds. The Kier molecular flexibility index (Phi) is 11.1. The fourth-order valence-electron chi connectivity index (χ4n) is 3.03. The number of aliphatic hydroxyl groups is 1. The van der Waals surface area contributed by atoms with Gasteiger partial charge in [-0.15, -0.1) is 24.0 Å². The lowest BCUT2D eigenvalue weighted by atomic mass is 10.0. The molecule has 1 aromatic carbocycles. The average Bonchev–Trinajstić information content (AvgIpc) is 2.97. The highest BCUT2D eigenvalue weighted by Gasteiger charge is 2.11. The molecule has 0 saturated carbocycles. The second-order valence-corrected chi connectivity index (χ2v) is 7.11. The van der Waals surface area contributed by atoms with Crippen LogP contribution in [0.1, 0.15) is 36.7 Å². The lowest BCUT2D eigenvalue weighted by Gasteiger charge is -2.18. The Labute approximate surface area is 185 Å². The molecule has 7 heteroatoms. The van der Waals surface area contributed by atoms with Crippen molar-refractivity contribution in [3.63, 3.8) is 0 Å². The number of hydrogen-bond donors (Lipinski definition) is 3. The third kappa shape index (κ3) is 7.79. The number of aliphatic imine (C=N–C) groups is 1. The number of nitrogens with zero attached hydrogens (tertiary/aromatic N) is 3. The van der Waals surface area contributed by atoms with Gasteiger partial charge in [0, 0.05) is 37.8 Å². The summed E-state index contributed by atoms with van der Waals surface area (Å²) in [5, 5.41) is 20.9. The highest BCUT2D eigenvalue weighted by atomic mass is 127. The van der Waals surface area contributed by atoms with Crippen LogP contribution in [-0.4, -0.2) is 47.1 Å². The van der Waals surface area contributed by atoms with E-state index < -0.39 is 0 Å². The first-order valence-electron chi connectivity index (χ1n) is 9.72. The molecule has 0 spiro atoms. The Morgan fingerprint density at radius 3 is 2.50 bits per heavy atom. The molecule has 1 heterocycles. The summed E-state index contributed by atoms with van der Waals surface area (Å²) in [5.74, 6) is 1.20.